The quantitative estimate of drug-likeness (QED) is 0.897. The van der Waals surface area contributed by atoms with Crippen LogP contribution in [0.3, 0.4) is 0 Å². The number of benzene rings is 1. The number of rotatable bonds is 3. The van der Waals surface area contributed by atoms with Crippen molar-refractivity contribution in [1.29, 1.82) is 0 Å². The van der Waals surface area contributed by atoms with Crippen LogP contribution in [-0.4, -0.2) is 22.0 Å². The van der Waals surface area contributed by atoms with Gasteiger partial charge in [0.05, 0.1) is 5.56 Å². The Kier molecular flexibility index (Phi) is 5.31. The highest BCUT2D eigenvalue weighted by Crippen LogP contribution is 2.42. The second-order valence-corrected chi connectivity index (χ2v) is 7.40. The van der Waals surface area contributed by atoms with Crippen molar-refractivity contribution in [1.82, 2.24) is 0 Å². The van der Waals surface area contributed by atoms with Crippen LogP contribution in [0.25, 0.3) is 0 Å². The van der Waals surface area contributed by atoms with E-state index in [0.29, 0.717) is 5.25 Å². The Morgan fingerprint density at radius 2 is 1.90 bits per heavy atom. The SMILES string of the molecule is CCC1SCCSC1C(N)c1ccccc1C(F)(F)F. The molecule has 0 saturated carbocycles. The summed E-state index contributed by atoms with van der Waals surface area (Å²) in [5.74, 6) is 2.00. The van der Waals surface area contributed by atoms with Crippen molar-refractivity contribution in [3.63, 3.8) is 0 Å². The summed E-state index contributed by atoms with van der Waals surface area (Å²) in [6.45, 7) is 2.07. The molecule has 1 aromatic rings. The summed E-state index contributed by atoms with van der Waals surface area (Å²) in [6, 6.07) is 5.11. The summed E-state index contributed by atoms with van der Waals surface area (Å²) in [6.07, 6.45) is -3.41. The molecule has 3 atom stereocenters. The molecule has 0 aromatic heterocycles. The molecule has 2 rings (SSSR count). The molecule has 6 heteroatoms. The van der Waals surface area contributed by atoms with Crippen LogP contribution in [0.2, 0.25) is 0 Å². The second-order valence-electron chi connectivity index (χ2n) is 4.76. The van der Waals surface area contributed by atoms with E-state index in [1.807, 2.05) is 11.8 Å². The minimum absolute atomic E-state index is 0.0437. The third-order valence-corrected chi connectivity index (χ3v) is 6.85. The van der Waals surface area contributed by atoms with E-state index in [4.69, 9.17) is 5.73 Å². The number of hydrogen-bond acceptors (Lipinski definition) is 3. The fraction of sp³-hybridized carbons (Fsp3) is 0.571. The molecule has 1 fully saturated rings. The first-order valence-corrected chi connectivity index (χ1v) is 8.69. The van der Waals surface area contributed by atoms with Gasteiger partial charge in [-0.3, -0.25) is 0 Å². The summed E-state index contributed by atoms with van der Waals surface area (Å²) < 4.78 is 39.3. The van der Waals surface area contributed by atoms with Crippen LogP contribution in [0.5, 0.6) is 0 Å². The van der Waals surface area contributed by atoms with Gasteiger partial charge >= 0.3 is 6.18 Å². The van der Waals surface area contributed by atoms with Crippen molar-refractivity contribution < 1.29 is 13.2 Å². The van der Waals surface area contributed by atoms with E-state index in [-0.39, 0.29) is 10.8 Å². The number of thioether (sulfide) groups is 2. The van der Waals surface area contributed by atoms with E-state index in [1.165, 1.54) is 12.1 Å². The van der Waals surface area contributed by atoms with E-state index in [9.17, 15) is 13.2 Å². The average molecular weight is 321 g/mol. The lowest BCUT2D eigenvalue weighted by molar-refractivity contribution is -0.138. The van der Waals surface area contributed by atoms with Crippen LogP contribution in [0, 0.1) is 0 Å². The van der Waals surface area contributed by atoms with Gasteiger partial charge in [0.2, 0.25) is 0 Å². The van der Waals surface area contributed by atoms with Gasteiger partial charge in [-0.25, -0.2) is 0 Å². The maximum absolute atomic E-state index is 13.1. The summed E-state index contributed by atoms with van der Waals surface area (Å²) in [5, 5.41) is 0.368. The van der Waals surface area contributed by atoms with Gasteiger partial charge in [0.1, 0.15) is 0 Å². The van der Waals surface area contributed by atoms with Crippen LogP contribution < -0.4 is 5.73 Å². The Morgan fingerprint density at radius 3 is 2.55 bits per heavy atom. The van der Waals surface area contributed by atoms with Gasteiger partial charge in [-0.15, -0.1) is 0 Å². The van der Waals surface area contributed by atoms with Crippen molar-refractivity contribution >= 4 is 23.5 Å². The Bertz CT molecular complexity index is 450. The second kappa shape index (κ2) is 6.62. The van der Waals surface area contributed by atoms with Crippen molar-refractivity contribution in [3.05, 3.63) is 35.4 Å². The largest absolute Gasteiger partial charge is 0.416 e. The molecular weight excluding hydrogens is 303 g/mol. The van der Waals surface area contributed by atoms with Crippen LogP contribution in [0.1, 0.15) is 30.5 Å². The lowest BCUT2D eigenvalue weighted by Gasteiger charge is -2.35. The topological polar surface area (TPSA) is 26.0 Å². The molecule has 0 aliphatic carbocycles. The molecule has 0 radical (unpaired) electrons. The zero-order valence-corrected chi connectivity index (χ0v) is 12.8. The molecule has 0 spiro atoms. The maximum Gasteiger partial charge on any atom is 0.416 e. The molecular formula is C14H18F3NS2. The molecule has 1 saturated heterocycles. The van der Waals surface area contributed by atoms with Gasteiger partial charge in [-0.2, -0.15) is 36.7 Å². The number of nitrogens with two attached hydrogens (primary N) is 1. The molecule has 1 heterocycles. The van der Waals surface area contributed by atoms with Crippen LogP contribution in [0.15, 0.2) is 24.3 Å². The summed E-state index contributed by atoms with van der Waals surface area (Å²) in [7, 11) is 0. The Labute approximate surface area is 125 Å². The third-order valence-electron chi connectivity index (χ3n) is 3.47. The van der Waals surface area contributed by atoms with Crippen molar-refractivity contribution in [2.45, 2.75) is 36.1 Å². The third kappa shape index (κ3) is 3.46. The van der Waals surface area contributed by atoms with Crippen LogP contribution >= 0.6 is 23.5 Å². The molecule has 1 nitrogen and oxygen atoms in total. The van der Waals surface area contributed by atoms with Gasteiger partial charge in [0.15, 0.2) is 0 Å². The standard InChI is InChI=1S/C14H18F3NS2/c1-2-11-13(20-8-7-19-11)12(18)9-5-3-4-6-10(9)14(15,16)17/h3-6,11-13H,2,7-8,18H2,1H3. The lowest BCUT2D eigenvalue weighted by Crippen LogP contribution is -2.36. The monoisotopic (exact) mass is 321 g/mol. The smallest absolute Gasteiger partial charge is 0.323 e. The zero-order chi connectivity index (χ0) is 14.8. The van der Waals surface area contributed by atoms with Gasteiger partial charge in [-0.05, 0) is 18.1 Å². The summed E-state index contributed by atoms with van der Waals surface area (Å²) >= 11 is 3.53. The van der Waals surface area contributed by atoms with E-state index in [1.54, 1.807) is 17.8 Å². The number of halogens is 3. The zero-order valence-electron chi connectivity index (χ0n) is 11.2. The number of alkyl halides is 3. The van der Waals surface area contributed by atoms with Crippen LogP contribution in [0.4, 0.5) is 13.2 Å². The lowest BCUT2D eigenvalue weighted by atomic mass is 9.96. The van der Waals surface area contributed by atoms with Gasteiger partial charge in [-0.1, -0.05) is 25.1 Å². The Hall–Kier alpha value is -0.330. The van der Waals surface area contributed by atoms with E-state index in [2.05, 4.69) is 6.92 Å². The molecule has 2 N–H and O–H groups in total. The van der Waals surface area contributed by atoms with Crippen molar-refractivity contribution in [2.75, 3.05) is 11.5 Å². The molecule has 1 aliphatic rings. The highest BCUT2D eigenvalue weighted by Gasteiger charge is 2.38. The van der Waals surface area contributed by atoms with E-state index in [0.717, 1.165) is 24.0 Å². The molecule has 3 unspecified atom stereocenters. The predicted octanol–water partition coefficient (Wildman–Crippen LogP) is 4.33. The normalized spacial score (nSPS) is 25.4. The molecule has 1 aliphatic heterocycles. The predicted molar refractivity (Wildman–Crippen MR) is 81.2 cm³/mol. The Balaban J connectivity index is 2.31. The summed E-state index contributed by atoms with van der Waals surface area (Å²) in [4.78, 5) is 0. The van der Waals surface area contributed by atoms with E-state index >= 15 is 0 Å². The molecule has 0 bridgehead atoms. The van der Waals surface area contributed by atoms with Gasteiger partial charge in [0, 0.05) is 28.0 Å². The highest BCUT2D eigenvalue weighted by molar-refractivity contribution is 8.07. The van der Waals surface area contributed by atoms with Crippen molar-refractivity contribution in [2.24, 2.45) is 5.73 Å². The van der Waals surface area contributed by atoms with E-state index < -0.39 is 17.8 Å². The first-order chi connectivity index (χ1) is 9.45. The van der Waals surface area contributed by atoms with Gasteiger partial charge in [0.25, 0.3) is 0 Å². The first-order valence-electron chi connectivity index (χ1n) is 6.60. The highest BCUT2D eigenvalue weighted by atomic mass is 32.2. The van der Waals surface area contributed by atoms with Crippen LogP contribution in [-0.2, 0) is 6.18 Å². The molecule has 0 amide bonds. The minimum Gasteiger partial charge on any atom is -0.323 e. The average Bonchev–Trinajstić information content (AvgIpc) is 2.45. The fourth-order valence-electron chi connectivity index (χ4n) is 2.49. The molecule has 1 aromatic carbocycles. The minimum atomic E-state index is -4.34. The number of hydrogen-bond donors (Lipinski definition) is 1. The molecule has 20 heavy (non-hydrogen) atoms. The van der Waals surface area contributed by atoms with Crippen molar-refractivity contribution in [3.8, 4) is 0 Å². The van der Waals surface area contributed by atoms with Gasteiger partial charge < -0.3 is 5.73 Å². The Morgan fingerprint density at radius 1 is 1.25 bits per heavy atom. The molecule has 112 valence electrons. The summed E-state index contributed by atoms with van der Waals surface area (Å²) in [5.41, 5.74) is 5.82. The maximum atomic E-state index is 13.1. The fourth-order valence-corrected chi connectivity index (χ4v) is 5.67. The first kappa shape index (κ1) is 16.0.